The van der Waals surface area contributed by atoms with E-state index < -0.39 is 0 Å². The van der Waals surface area contributed by atoms with Gasteiger partial charge in [0.2, 0.25) is 11.8 Å². The number of halogens is 1. The lowest BCUT2D eigenvalue weighted by atomic mass is 9.96. The first-order chi connectivity index (χ1) is 9.86. The van der Waals surface area contributed by atoms with E-state index >= 15 is 0 Å². The summed E-state index contributed by atoms with van der Waals surface area (Å²) in [7, 11) is 0. The predicted molar refractivity (Wildman–Crippen MR) is 86.9 cm³/mol. The zero-order valence-electron chi connectivity index (χ0n) is 13.6. The molecule has 1 aliphatic carbocycles. The SMILES string of the molecule is CC(C)(C)c1noc(CCCC(=O)NCC(N)C2CC2)n1.Cl. The fourth-order valence-electron chi connectivity index (χ4n) is 2.07. The van der Waals surface area contributed by atoms with Gasteiger partial charge in [-0.15, -0.1) is 12.4 Å². The van der Waals surface area contributed by atoms with Gasteiger partial charge in [0.15, 0.2) is 5.82 Å². The van der Waals surface area contributed by atoms with Gasteiger partial charge in [0.25, 0.3) is 0 Å². The van der Waals surface area contributed by atoms with Gasteiger partial charge in [-0.2, -0.15) is 4.98 Å². The number of rotatable bonds is 7. The third-order valence-electron chi connectivity index (χ3n) is 3.70. The van der Waals surface area contributed by atoms with Crippen LogP contribution in [-0.4, -0.2) is 28.6 Å². The molecule has 1 aliphatic rings. The van der Waals surface area contributed by atoms with E-state index in [2.05, 4.69) is 15.5 Å². The highest BCUT2D eigenvalue weighted by atomic mass is 35.5. The largest absolute Gasteiger partial charge is 0.355 e. The molecule has 0 aliphatic heterocycles. The number of hydrogen-bond acceptors (Lipinski definition) is 5. The second-order valence-electron chi connectivity index (χ2n) is 6.92. The van der Waals surface area contributed by atoms with Crippen LogP contribution in [0.4, 0.5) is 0 Å². The first-order valence-electron chi connectivity index (χ1n) is 7.71. The molecule has 0 bridgehead atoms. The van der Waals surface area contributed by atoms with Crippen LogP contribution in [0.3, 0.4) is 0 Å². The lowest BCUT2D eigenvalue weighted by molar-refractivity contribution is -0.121. The summed E-state index contributed by atoms with van der Waals surface area (Å²) in [5, 5.41) is 6.86. The summed E-state index contributed by atoms with van der Waals surface area (Å²) in [6, 6.07) is 0.110. The van der Waals surface area contributed by atoms with Gasteiger partial charge in [-0.1, -0.05) is 25.9 Å². The number of nitrogens with two attached hydrogens (primary N) is 1. The molecule has 7 heteroatoms. The molecule has 1 aromatic rings. The third kappa shape index (κ3) is 5.93. The Bertz CT molecular complexity index is 480. The van der Waals surface area contributed by atoms with E-state index in [0.717, 1.165) is 0 Å². The second kappa shape index (κ2) is 7.92. The van der Waals surface area contributed by atoms with Crippen LogP contribution in [0.25, 0.3) is 0 Å². The molecule has 0 spiro atoms. The molecule has 2 rings (SSSR count). The van der Waals surface area contributed by atoms with Crippen LogP contribution in [0.2, 0.25) is 0 Å². The number of carbonyl (C=O) groups is 1. The zero-order chi connectivity index (χ0) is 15.5. The summed E-state index contributed by atoms with van der Waals surface area (Å²) >= 11 is 0. The minimum Gasteiger partial charge on any atom is -0.355 e. The Morgan fingerprint density at radius 3 is 2.68 bits per heavy atom. The first-order valence-corrected chi connectivity index (χ1v) is 7.71. The van der Waals surface area contributed by atoms with E-state index in [4.69, 9.17) is 10.3 Å². The molecule has 126 valence electrons. The zero-order valence-corrected chi connectivity index (χ0v) is 14.4. The Labute approximate surface area is 138 Å². The van der Waals surface area contributed by atoms with Gasteiger partial charge in [-0.3, -0.25) is 4.79 Å². The van der Waals surface area contributed by atoms with Crippen molar-refractivity contribution in [3.8, 4) is 0 Å². The van der Waals surface area contributed by atoms with Crippen molar-refractivity contribution in [2.75, 3.05) is 6.54 Å². The monoisotopic (exact) mass is 330 g/mol. The molecular weight excluding hydrogens is 304 g/mol. The predicted octanol–water partition coefficient (Wildman–Crippen LogP) is 1.97. The number of aromatic nitrogens is 2. The Balaban J connectivity index is 0.00000242. The van der Waals surface area contributed by atoms with Crippen molar-refractivity contribution in [2.24, 2.45) is 11.7 Å². The normalized spacial score (nSPS) is 16.0. The third-order valence-corrected chi connectivity index (χ3v) is 3.70. The second-order valence-corrected chi connectivity index (χ2v) is 6.92. The van der Waals surface area contributed by atoms with Crippen LogP contribution in [0.15, 0.2) is 4.52 Å². The molecule has 1 amide bonds. The smallest absolute Gasteiger partial charge is 0.226 e. The maximum Gasteiger partial charge on any atom is 0.226 e. The lowest BCUT2D eigenvalue weighted by Crippen LogP contribution is -2.38. The number of nitrogens with zero attached hydrogens (tertiary/aromatic N) is 2. The van der Waals surface area contributed by atoms with Gasteiger partial charge >= 0.3 is 0 Å². The fraction of sp³-hybridized carbons (Fsp3) is 0.800. The highest BCUT2D eigenvalue weighted by Crippen LogP contribution is 2.31. The molecule has 3 N–H and O–H groups in total. The molecule has 0 aromatic carbocycles. The average Bonchev–Trinajstić information content (AvgIpc) is 3.14. The topological polar surface area (TPSA) is 94.0 Å². The van der Waals surface area contributed by atoms with Crippen LogP contribution in [0.1, 0.15) is 58.2 Å². The number of amides is 1. The van der Waals surface area contributed by atoms with Crippen LogP contribution >= 0.6 is 12.4 Å². The molecule has 1 atom stereocenters. The summed E-state index contributed by atoms with van der Waals surface area (Å²) in [4.78, 5) is 16.1. The van der Waals surface area contributed by atoms with E-state index in [9.17, 15) is 4.79 Å². The van der Waals surface area contributed by atoms with Crippen molar-refractivity contribution >= 4 is 18.3 Å². The molecule has 1 saturated carbocycles. The van der Waals surface area contributed by atoms with Gasteiger partial charge in [-0.25, -0.2) is 0 Å². The number of carbonyl (C=O) groups excluding carboxylic acids is 1. The van der Waals surface area contributed by atoms with Crippen LogP contribution in [0, 0.1) is 5.92 Å². The highest BCUT2D eigenvalue weighted by Gasteiger charge is 2.28. The van der Waals surface area contributed by atoms with Crippen molar-refractivity contribution in [1.29, 1.82) is 0 Å². The number of aryl methyl sites for hydroxylation is 1. The molecule has 22 heavy (non-hydrogen) atoms. The first kappa shape index (κ1) is 18.9. The minimum absolute atomic E-state index is 0. The summed E-state index contributed by atoms with van der Waals surface area (Å²) in [5.41, 5.74) is 5.83. The van der Waals surface area contributed by atoms with Crippen LogP contribution in [0.5, 0.6) is 0 Å². The van der Waals surface area contributed by atoms with Crippen molar-refractivity contribution in [3.05, 3.63) is 11.7 Å². The van der Waals surface area contributed by atoms with Gasteiger partial charge in [0.1, 0.15) is 0 Å². The summed E-state index contributed by atoms with van der Waals surface area (Å²) in [5.74, 6) is 1.96. The molecule has 0 saturated heterocycles. The lowest BCUT2D eigenvalue weighted by Gasteiger charge is -2.11. The Morgan fingerprint density at radius 1 is 1.45 bits per heavy atom. The number of hydrogen-bond donors (Lipinski definition) is 2. The fourth-order valence-corrected chi connectivity index (χ4v) is 2.07. The van der Waals surface area contributed by atoms with Gasteiger partial charge < -0.3 is 15.6 Å². The molecular formula is C15H27ClN4O2. The molecule has 6 nitrogen and oxygen atoms in total. The van der Waals surface area contributed by atoms with E-state index in [0.29, 0.717) is 43.4 Å². The maximum atomic E-state index is 11.7. The van der Waals surface area contributed by atoms with Gasteiger partial charge in [-0.05, 0) is 25.2 Å². The molecule has 1 aromatic heterocycles. The number of nitrogens with one attached hydrogen (secondary N) is 1. The van der Waals surface area contributed by atoms with Crippen LogP contribution in [-0.2, 0) is 16.6 Å². The quantitative estimate of drug-likeness (QED) is 0.797. The van der Waals surface area contributed by atoms with Gasteiger partial charge in [0.05, 0.1) is 0 Å². The molecule has 1 unspecified atom stereocenters. The van der Waals surface area contributed by atoms with E-state index in [1.165, 1.54) is 12.8 Å². The van der Waals surface area contributed by atoms with Crippen molar-refractivity contribution in [2.45, 2.75) is 64.3 Å². The molecule has 1 fully saturated rings. The average molecular weight is 331 g/mol. The van der Waals surface area contributed by atoms with Crippen LogP contribution < -0.4 is 11.1 Å². The van der Waals surface area contributed by atoms with Gasteiger partial charge in [0, 0.05) is 30.8 Å². The van der Waals surface area contributed by atoms with Crippen molar-refractivity contribution < 1.29 is 9.32 Å². The minimum atomic E-state index is -0.113. The van der Waals surface area contributed by atoms with Crippen molar-refractivity contribution in [1.82, 2.24) is 15.5 Å². The van der Waals surface area contributed by atoms with E-state index in [1.807, 2.05) is 20.8 Å². The standard InChI is InChI=1S/C15H26N4O2.ClH/c1-15(2,3)14-18-13(21-19-14)6-4-5-12(20)17-9-11(16)10-7-8-10;/h10-11H,4-9,16H2,1-3H3,(H,17,20);1H. The Morgan fingerprint density at radius 2 is 2.14 bits per heavy atom. The summed E-state index contributed by atoms with van der Waals surface area (Å²) in [6.07, 6.45) is 4.20. The summed E-state index contributed by atoms with van der Waals surface area (Å²) in [6.45, 7) is 6.70. The van der Waals surface area contributed by atoms with E-state index in [-0.39, 0.29) is 29.8 Å². The Hall–Kier alpha value is -1.14. The summed E-state index contributed by atoms with van der Waals surface area (Å²) < 4.78 is 5.20. The molecule has 1 heterocycles. The Kier molecular flexibility index (Phi) is 6.81. The van der Waals surface area contributed by atoms with E-state index in [1.54, 1.807) is 0 Å². The van der Waals surface area contributed by atoms with Crippen molar-refractivity contribution in [3.63, 3.8) is 0 Å². The maximum absolute atomic E-state index is 11.7. The highest BCUT2D eigenvalue weighted by molar-refractivity contribution is 5.85. The molecule has 0 radical (unpaired) electrons.